The lowest BCUT2D eigenvalue weighted by atomic mass is 10.3. The molecule has 1 aromatic rings. The molecule has 0 spiro atoms. The summed E-state index contributed by atoms with van der Waals surface area (Å²) in [5.41, 5.74) is 0. The van der Waals surface area contributed by atoms with Crippen LogP contribution in [-0.2, 0) is 28.8 Å². The van der Waals surface area contributed by atoms with E-state index in [1.54, 1.807) is 51.4 Å². The maximum atomic E-state index is 13.2. The molecule has 0 unspecified atom stereocenters. The Kier molecular flexibility index (Phi) is 17.3. The highest BCUT2D eigenvalue weighted by atomic mass is 28.3. The third-order valence-corrected chi connectivity index (χ3v) is 20.3. The predicted octanol–water partition coefficient (Wildman–Crippen LogP) is 6.50. The number of carbonyl (C=O) groups is 6. The highest BCUT2D eigenvalue weighted by Crippen LogP contribution is 2.28. The largest absolute Gasteiger partial charge is 0.471 e. The Balaban J connectivity index is 3.72. The van der Waals surface area contributed by atoms with E-state index in [0.29, 0.717) is 15.6 Å². The Morgan fingerprint density at radius 1 is 0.433 bits per heavy atom. The number of halogens is 15. The van der Waals surface area contributed by atoms with Crippen molar-refractivity contribution >= 4 is 75.2 Å². The van der Waals surface area contributed by atoms with Gasteiger partial charge in [-0.15, -0.1) is 0 Å². The van der Waals surface area contributed by atoms with Crippen molar-refractivity contribution in [1.82, 2.24) is 14.7 Å². The minimum atomic E-state index is -5.84. The number of amides is 6. The molecule has 0 fully saturated rings. The minimum absolute atomic E-state index is 0.0108. The van der Waals surface area contributed by atoms with Crippen molar-refractivity contribution in [2.75, 3.05) is 19.6 Å². The first-order valence-corrected chi connectivity index (χ1v) is 27.3. The van der Waals surface area contributed by atoms with Crippen molar-refractivity contribution in [3.63, 3.8) is 0 Å². The van der Waals surface area contributed by atoms with Crippen molar-refractivity contribution in [3.05, 3.63) is 18.2 Å². The zero-order valence-corrected chi connectivity index (χ0v) is 36.1. The van der Waals surface area contributed by atoms with Gasteiger partial charge in [-0.25, -0.2) is 0 Å². The van der Waals surface area contributed by atoms with E-state index < -0.39 is 133 Å². The fourth-order valence-electron chi connectivity index (χ4n) is 6.32. The lowest BCUT2D eigenvalue weighted by Crippen LogP contribution is -2.61. The van der Waals surface area contributed by atoms with Gasteiger partial charge in [0.05, 0.1) is 24.2 Å². The molecule has 6 amide bonds. The monoisotopic (exact) mass is 945 g/mol. The fourth-order valence-corrected chi connectivity index (χ4v) is 16.2. The third kappa shape index (κ3) is 14.7. The molecule has 1 aromatic carbocycles. The molecule has 0 heterocycles. The highest BCUT2D eigenvalue weighted by Gasteiger charge is 2.53. The second kappa shape index (κ2) is 19.1. The number of hydrogen-bond acceptors (Lipinski definition) is 6. The Morgan fingerprint density at radius 3 is 1.00 bits per heavy atom. The van der Waals surface area contributed by atoms with Crippen LogP contribution in [0.25, 0.3) is 0 Å². The van der Waals surface area contributed by atoms with Gasteiger partial charge in [-0.3, -0.25) is 43.5 Å². The average Bonchev–Trinajstić information content (AvgIpc) is 3.06. The van der Waals surface area contributed by atoms with Gasteiger partial charge in [0.25, 0.3) is 0 Å². The van der Waals surface area contributed by atoms with Crippen molar-refractivity contribution in [2.24, 2.45) is 0 Å². The molecule has 0 atom stereocenters. The summed E-state index contributed by atoms with van der Waals surface area (Å²) in [6, 6.07) is 4.53. The number of benzene rings is 1. The van der Waals surface area contributed by atoms with E-state index in [4.69, 9.17) is 0 Å². The summed E-state index contributed by atoms with van der Waals surface area (Å²) in [7, 11) is -9.11. The summed E-state index contributed by atoms with van der Waals surface area (Å²) in [5.74, 6) is -15.8. The van der Waals surface area contributed by atoms with Crippen LogP contribution in [0, 0.1) is 0 Å². The van der Waals surface area contributed by atoms with E-state index in [-0.39, 0.29) is 29.5 Å². The van der Waals surface area contributed by atoms with E-state index in [9.17, 15) is 94.6 Å². The first-order valence-electron chi connectivity index (χ1n) is 17.6. The normalized spacial score (nSPS) is 13.5. The van der Waals surface area contributed by atoms with Gasteiger partial charge in [-0.1, -0.05) is 91.2 Å². The second-order valence-corrected chi connectivity index (χ2v) is 30.2. The van der Waals surface area contributed by atoms with Crippen LogP contribution in [0.4, 0.5) is 65.9 Å². The highest BCUT2D eigenvalue weighted by molar-refractivity contribution is 7.00. The number of nitrogens with zero attached hydrogens (tertiary/aromatic N) is 3. The SMILES string of the molecule is CC(=O)N(CCC[Si](C)(C)c1cc([Si](C)(C)CCCN(C(=O)C(F)(F)F)C(=O)C(F)(F)F)ccc1[Si](C)(C)CCCN(C(=O)C(F)(F)F)C(=O)C(F)(F)F)C(=O)C(F)(F)F. The van der Waals surface area contributed by atoms with Crippen LogP contribution in [0.5, 0.6) is 0 Å². The van der Waals surface area contributed by atoms with Crippen LogP contribution in [0.15, 0.2) is 18.2 Å². The summed E-state index contributed by atoms with van der Waals surface area (Å²) < 4.78 is 197. The van der Waals surface area contributed by atoms with Crippen LogP contribution in [0.1, 0.15) is 26.2 Å². The number of carbonyl (C=O) groups excluding carboxylic acids is 6. The van der Waals surface area contributed by atoms with Gasteiger partial charge in [0.1, 0.15) is 0 Å². The molecule has 0 aliphatic rings. The Hall–Kier alpha value is -3.76. The van der Waals surface area contributed by atoms with Crippen LogP contribution >= 0.6 is 0 Å². The molecule has 0 saturated heterocycles. The molecule has 0 bridgehead atoms. The Labute approximate surface area is 336 Å². The minimum Gasteiger partial charge on any atom is -0.275 e. The predicted molar refractivity (Wildman–Crippen MR) is 192 cm³/mol. The van der Waals surface area contributed by atoms with Crippen molar-refractivity contribution < 1.29 is 94.6 Å². The topological polar surface area (TPSA) is 112 Å². The molecule has 0 radical (unpaired) electrons. The number of rotatable bonds is 15. The average molecular weight is 946 g/mol. The van der Waals surface area contributed by atoms with E-state index in [2.05, 4.69) is 0 Å². The van der Waals surface area contributed by atoms with E-state index in [1.165, 1.54) is 6.07 Å². The van der Waals surface area contributed by atoms with E-state index in [0.717, 1.165) is 6.92 Å². The fraction of sp³-hybridized carbons (Fsp3) is 0.636. The van der Waals surface area contributed by atoms with Gasteiger partial charge in [0.2, 0.25) is 5.91 Å². The zero-order valence-electron chi connectivity index (χ0n) is 33.1. The van der Waals surface area contributed by atoms with E-state index >= 15 is 0 Å². The van der Waals surface area contributed by atoms with Crippen LogP contribution < -0.4 is 15.6 Å². The molecule has 9 nitrogen and oxygen atoms in total. The molecule has 27 heteroatoms. The van der Waals surface area contributed by atoms with Gasteiger partial charge in [0, 0.05) is 26.6 Å². The van der Waals surface area contributed by atoms with Gasteiger partial charge in [0.15, 0.2) is 0 Å². The van der Waals surface area contributed by atoms with Gasteiger partial charge in [-0.05, 0) is 19.3 Å². The number of imide groups is 3. The summed E-state index contributed by atoms with van der Waals surface area (Å²) >= 11 is 0. The quantitative estimate of drug-likeness (QED) is 0.147. The smallest absolute Gasteiger partial charge is 0.275 e. The molecule has 60 heavy (non-hydrogen) atoms. The maximum Gasteiger partial charge on any atom is 0.471 e. The maximum absolute atomic E-state index is 13.2. The first kappa shape index (κ1) is 54.3. The van der Waals surface area contributed by atoms with E-state index in [1.807, 2.05) is 0 Å². The van der Waals surface area contributed by atoms with Crippen molar-refractivity contribution in [3.8, 4) is 0 Å². The third-order valence-electron chi connectivity index (χ3n) is 9.63. The molecule has 0 aromatic heterocycles. The summed E-state index contributed by atoms with van der Waals surface area (Å²) in [6.45, 7) is 7.49. The molecule has 0 aliphatic heterocycles. The molecular formula is C33H42F15N3O6Si3. The first-order chi connectivity index (χ1) is 26.6. The second-order valence-electron chi connectivity index (χ2n) is 15.7. The number of hydrogen-bond donors (Lipinski definition) is 0. The zero-order chi connectivity index (χ0) is 47.4. The van der Waals surface area contributed by atoms with Gasteiger partial charge >= 0.3 is 60.4 Å². The van der Waals surface area contributed by atoms with Gasteiger partial charge in [-0.2, -0.15) is 65.9 Å². The Bertz CT molecular complexity index is 1720. The molecule has 0 saturated carbocycles. The molecule has 1 rings (SSSR count). The summed E-state index contributed by atoms with van der Waals surface area (Å²) in [5, 5.41) is 1.55. The molecular weight excluding hydrogens is 904 g/mol. The molecule has 0 aliphatic carbocycles. The lowest BCUT2D eigenvalue weighted by Gasteiger charge is -2.35. The van der Waals surface area contributed by atoms with Crippen LogP contribution in [0.2, 0.25) is 57.4 Å². The molecule has 342 valence electrons. The van der Waals surface area contributed by atoms with Crippen LogP contribution in [0.3, 0.4) is 0 Å². The number of alkyl halides is 15. The Morgan fingerprint density at radius 2 is 0.700 bits per heavy atom. The summed E-state index contributed by atoms with van der Waals surface area (Å²) in [6.07, 6.45) is -30.0. The van der Waals surface area contributed by atoms with Crippen LogP contribution in [-0.4, -0.2) is 125 Å². The molecule has 0 N–H and O–H groups in total. The van der Waals surface area contributed by atoms with Crippen molar-refractivity contribution in [1.29, 1.82) is 0 Å². The van der Waals surface area contributed by atoms with Crippen molar-refractivity contribution in [2.45, 2.75) is 114 Å². The standard InChI is InChI=1S/C33H42F15N3O6Si3/c1-20(52)49(24(53)29(34,35)36)13-8-18-60(6,7)23-19-21(58(2,3)16-9-14-50(25(54)30(37,38)39)26(55)31(40,41)42)11-12-22(23)59(4,5)17-10-15-51(27(56)32(43,44)45)28(57)33(46,47)48/h11-12,19H,8-10,13-18H2,1-7H3. The summed E-state index contributed by atoms with van der Waals surface area (Å²) in [4.78, 5) is 69.0. The lowest BCUT2D eigenvalue weighted by molar-refractivity contribution is -0.204. The van der Waals surface area contributed by atoms with Gasteiger partial charge < -0.3 is 0 Å².